The van der Waals surface area contributed by atoms with Crippen LogP contribution in [-0.2, 0) is 0 Å². The Kier molecular flexibility index (Phi) is 23.0. The summed E-state index contributed by atoms with van der Waals surface area (Å²) in [6, 6.07) is 0. The van der Waals surface area contributed by atoms with Crippen molar-refractivity contribution in [3.05, 3.63) is 0 Å². The molecule has 0 atom stereocenters. The van der Waals surface area contributed by atoms with Gasteiger partial charge in [-0.1, -0.05) is 26.7 Å². The van der Waals surface area contributed by atoms with Crippen molar-refractivity contribution < 1.29 is 0 Å². The minimum atomic E-state index is -1.56. The van der Waals surface area contributed by atoms with Gasteiger partial charge in [0.15, 0.2) is 0 Å². The molecule has 0 saturated carbocycles. The van der Waals surface area contributed by atoms with Crippen LogP contribution in [0.4, 0.5) is 0 Å². The number of unbranched alkanes of at least 4 members (excludes halogenated alkanes) is 22. The minimum absolute atomic E-state index is 1.37. The van der Waals surface area contributed by atoms with Gasteiger partial charge >= 0.3 is 188 Å². The summed E-state index contributed by atoms with van der Waals surface area (Å²) in [4.78, 5) is 0. The monoisotopic (exact) mass is 534 g/mol. The standard InChI is InChI=1S/C30H64BrP/c1-5-7-9-11-13-15-17-19-21-23-25-27-29-32(3,4,31)30-28-26-24-22-20-18-16-14-12-10-8-6-2/h5-30H2,1-4H3. The van der Waals surface area contributed by atoms with E-state index in [1.54, 1.807) is 0 Å². The molecule has 0 aliphatic heterocycles. The van der Waals surface area contributed by atoms with Gasteiger partial charge in [-0.2, -0.15) is 0 Å². The molecule has 32 heavy (non-hydrogen) atoms. The second kappa shape index (κ2) is 22.4. The van der Waals surface area contributed by atoms with Crippen LogP contribution in [-0.4, -0.2) is 25.7 Å². The van der Waals surface area contributed by atoms with Gasteiger partial charge in [0, 0.05) is 0 Å². The van der Waals surface area contributed by atoms with E-state index in [2.05, 4.69) is 42.7 Å². The molecule has 0 aromatic heterocycles. The van der Waals surface area contributed by atoms with E-state index in [0.29, 0.717) is 0 Å². The summed E-state index contributed by atoms with van der Waals surface area (Å²) in [5.74, 6) is 0. The summed E-state index contributed by atoms with van der Waals surface area (Å²) in [7, 11) is 0. The van der Waals surface area contributed by atoms with E-state index in [4.69, 9.17) is 0 Å². The third kappa shape index (κ3) is 25.5. The average Bonchev–Trinajstić information content (AvgIpc) is 2.75. The Morgan fingerprint density at radius 2 is 0.531 bits per heavy atom. The van der Waals surface area contributed by atoms with Crippen LogP contribution < -0.4 is 0 Å². The fourth-order valence-electron chi connectivity index (χ4n) is 4.99. The van der Waals surface area contributed by atoms with E-state index >= 15 is 0 Å². The molecule has 0 heterocycles. The zero-order valence-electron chi connectivity index (χ0n) is 23.2. The molecule has 0 amide bonds. The molecule has 0 fully saturated rings. The van der Waals surface area contributed by atoms with Crippen LogP contribution >= 0.6 is 20.8 Å². The molecule has 0 nitrogen and oxygen atoms in total. The van der Waals surface area contributed by atoms with Crippen molar-refractivity contribution in [2.75, 3.05) is 25.7 Å². The maximum atomic E-state index is 4.28. The molecule has 196 valence electrons. The van der Waals surface area contributed by atoms with Crippen LogP contribution in [0.15, 0.2) is 0 Å². The second-order valence-corrected chi connectivity index (χ2v) is 24.9. The van der Waals surface area contributed by atoms with Crippen molar-refractivity contribution in [1.82, 2.24) is 0 Å². The van der Waals surface area contributed by atoms with Gasteiger partial charge in [0.1, 0.15) is 0 Å². The predicted octanol–water partition coefficient (Wildman–Crippen LogP) is 12.5. The average molecular weight is 536 g/mol. The Bertz CT molecular complexity index is 339. The molecule has 0 N–H and O–H groups in total. The van der Waals surface area contributed by atoms with Crippen LogP contribution in [0.2, 0.25) is 0 Å². The predicted molar refractivity (Wildman–Crippen MR) is 160 cm³/mol. The first-order valence-corrected chi connectivity index (χ1v) is 20.6. The molecule has 0 rings (SSSR count). The van der Waals surface area contributed by atoms with Gasteiger partial charge in [-0.05, 0) is 0 Å². The van der Waals surface area contributed by atoms with E-state index < -0.39 is 5.31 Å². The first-order valence-electron chi connectivity index (χ1n) is 15.1. The summed E-state index contributed by atoms with van der Waals surface area (Å²) < 4.78 is 0. The Morgan fingerprint density at radius 1 is 0.344 bits per heavy atom. The van der Waals surface area contributed by atoms with Crippen LogP contribution in [0, 0.1) is 0 Å². The zero-order chi connectivity index (χ0) is 23.8. The minimum Gasteiger partial charge on any atom is -0.0654 e. The van der Waals surface area contributed by atoms with Crippen molar-refractivity contribution in [3.63, 3.8) is 0 Å². The summed E-state index contributed by atoms with van der Waals surface area (Å²) in [6.45, 7) is 9.78. The van der Waals surface area contributed by atoms with Gasteiger partial charge in [-0.3, -0.25) is 0 Å². The van der Waals surface area contributed by atoms with E-state index in [-0.39, 0.29) is 0 Å². The second-order valence-electron chi connectivity index (χ2n) is 11.7. The topological polar surface area (TPSA) is 0 Å². The summed E-state index contributed by atoms with van der Waals surface area (Å²) in [5, 5.41) is -1.56. The SMILES string of the molecule is CCCCCCCCCCCCCCP(C)(C)(Br)CCCCCCCCCCCCCC. The Hall–Kier alpha value is 0.910. The molecule has 0 saturated heterocycles. The molecule has 0 aromatic rings. The fourth-order valence-corrected chi connectivity index (χ4v) is 9.12. The van der Waals surface area contributed by atoms with E-state index in [9.17, 15) is 0 Å². The molecule has 0 aliphatic carbocycles. The van der Waals surface area contributed by atoms with E-state index in [0.717, 1.165) is 0 Å². The maximum absolute atomic E-state index is 4.28. The Labute approximate surface area is 213 Å². The molecule has 0 bridgehead atoms. The zero-order valence-corrected chi connectivity index (χ0v) is 25.7. The van der Waals surface area contributed by atoms with Crippen molar-refractivity contribution >= 4 is 20.8 Å². The van der Waals surface area contributed by atoms with Gasteiger partial charge in [0.25, 0.3) is 0 Å². The van der Waals surface area contributed by atoms with Gasteiger partial charge in [-0.15, -0.1) is 0 Å². The van der Waals surface area contributed by atoms with Gasteiger partial charge in [0.05, 0.1) is 0 Å². The summed E-state index contributed by atoms with van der Waals surface area (Å²) in [6.07, 6.45) is 37.9. The van der Waals surface area contributed by atoms with Gasteiger partial charge in [-0.25, -0.2) is 0 Å². The Morgan fingerprint density at radius 3 is 0.750 bits per heavy atom. The van der Waals surface area contributed by atoms with Crippen LogP contribution in [0.25, 0.3) is 0 Å². The van der Waals surface area contributed by atoms with Crippen molar-refractivity contribution in [2.45, 2.75) is 168 Å². The third-order valence-corrected chi connectivity index (χ3v) is 12.9. The number of rotatable bonds is 26. The van der Waals surface area contributed by atoms with Gasteiger partial charge in [0.2, 0.25) is 0 Å². The molecular weight excluding hydrogens is 471 g/mol. The molecule has 0 spiro atoms. The molecule has 0 aliphatic rings. The Balaban J connectivity index is 3.46. The number of hydrogen-bond acceptors (Lipinski definition) is 0. The van der Waals surface area contributed by atoms with Crippen molar-refractivity contribution in [2.24, 2.45) is 0 Å². The number of hydrogen-bond donors (Lipinski definition) is 0. The number of halogens is 1. The van der Waals surface area contributed by atoms with Crippen LogP contribution in [0.3, 0.4) is 0 Å². The third-order valence-electron chi connectivity index (χ3n) is 7.40. The molecule has 2 heteroatoms. The van der Waals surface area contributed by atoms with E-state index in [1.807, 2.05) is 0 Å². The van der Waals surface area contributed by atoms with Gasteiger partial charge < -0.3 is 0 Å². The van der Waals surface area contributed by atoms with Crippen LogP contribution in [0.1, 0.15) is 168 Å². The molecule has 0 unspecified atom stereocenters. The molecule has 0 radical (unpaired) electrons. The first-order chi connectivity index (χ1) is 15.4. The normalized spacial score (nSPS) is 13.3. The smallest absolute Gasteiger partial charge is 0.0654 e. The summed E-state index contributed by atoms with van der Waals surface area (Å²) in [5.41, 5.74) is 0. The fraction of sp³-hybridized carbons (Fsp3) is 1.00. The molecule has 0 aromatic carbocycles. The van der Waals surface area contributed by atoms with E-state index in [1.165, 1.54) is 166 Å². The summed E-state index contributed by atoms with van der Waals surface area (Å²) >= 11 is 4.28. The van der Waals surface area contributed by atoms with Crippen molar-refractivity contribution in [3.8, 4) is 0 Å². The quantitative estimate of drug-likeness (QED) is 0.0763. The molecular formula is C30H64BrP. The van der Waals surface area contributed by atoms with Crippen LogP contribution in [0.5, 0.6) is 0 Å². The van der Waals surface area contributed by atoms with Crippen molar-refractivity contribution in [1.29, 1.82) is 0 Å². The first kappa shape index (κ1) is 32.9.